The Morgan fingerprint density at radius 3 is 2.76 bits per heavy atom. The summed E-state index contributed by atoms with van der Waals surface area (Å²) in [6, 6.07) is 5.24. The third-order valence-electron chi connectivity index (χ3n) is 2.75. The first-order chi connectivity index (χ1) is 10.0. The maximum Gasteiger partial charge on any atom is 0.253 e. The molecule has 0 aromatic carbocycles. The second kappa shape index (κ2) is 6.88. The van der Waals surface area contributed by atoms with E-state index in [0.717, 1.165) is 0 Å². The molecule has 6 nitrogen and oxygen atoms in total. The molecule has 0 saturated carbocycles. The Hall–Kier alpha value is -2.37. The maximum atomic E-state index is 12.1. The van der Waals surface area contributed by atoms with Crippen LogP contribution in [0.5, 0.6) is 5.88 Å². The summed E-state index contributed by atoms with van der Waals surface area (Å²) < 4.78 is 7.23. The lowest BCUT2D eigenvalue weighted by atomic mass is 10.2. The molecule has 2 heterocycles. The van der Waals surface area contributed by atoms with Crippen molar-refractivity contribution in [3.63, 3.8) is 0 Å². The molecule has 0 bridgehead atoms. The molecule has 0 saturated heterocycles. The van der Waals surface area contributed by atoms with Crippen molar-refractivity contribution in [3.8, 4) is 5.88 Å². The zero-order chi connectivity index (χ0) is 15.2. The van der Waals surface area contributed by atoms with Gasteiger partial charge in [0, 0.05) is 30.7 Å². The molecular weight excluding hydrogens is 268 g/mol. The van der Waals surface area contributed by atoms with Gasteiger partial charge in [-0.15, -0.1) is 0 Å². The highest BCUT2D eigenvalue weighted by Crippen LogP contribution is 2.09. The van der Waals surface area contributed by atoms with Gasteiger partial charge >= 0.3 is 0 Å². The number of amides is 1. The van der Waals surface area contributed by atoms with E-state index in [9.17, 15) is 4.79 Å². The van der Waals surface area contributed by atoms with Gasteiger partial charge < -0.3 is 10.1 Å². The highest BCUT2D eigenvalue weighted by atomic mass is 16.5. The largest absolute Gasteiger partial charge is 0.475 e. The van der Waals surface area contributed by atoms with Gasteiger partial charge in [0.15, 0.2) is 0 Å². The molecule has 2 aromatic rings. The second-order valence-corrected chi connectivity index (χ2v) is 5.15. The summed E-state index contributed by atoms with van der Waals surface area (Å²) in [5.74, 6) is 0.365. The van der Waals surface area contributed by atoms with Crippen molar-refractivity contribution < 1.29 is 9.53 Å². The third kappa shape index (κ3) is 4.59. The van der Waals surface area contributed by atoms with Crippen molar-refractivity contribution in [1.82, 2.24) is 20.1 Å². The van der Waals surface area contributed by atoms with Gasteiger partial charge in [0.25, 0.3) is 5.91 Å². The van der Waals surface area contributed by atoms with E-state index < -0.39 is 0 Å². The molecule has 0 aliphatic carbocycles. The monoisotopic (exact) mass is 288 g/mol. The molecule has 0 aliphatic heterocycles. The summed E-state index contributed by atoms with van der Waals surface area (Å²) in [5, 5.41) is 7.03. The highest BCUT2D eigenvalue weighted by molar-refractivity contribution is 5.94. The number of carbonyl (C=O) groups is 1. The van der Waals surface area contributed by atoms with E-state index >= 15 is 0 Å². The van der Waals surface area contributed by atoms with Crippen molar-refractivity contribution in [2.45, 2.75) is 39.5 Å². The Bertz CT molecular complexity index is 564. The average molecular weight is 288 g/mol. The van der Waals surface area contributed by atoms with Crippen LogP contribution >= 0.6 is 0 Å². The van der Waals surface area contributed by atoms with E-state index in [4.69, 9.17) is 4.74 Å². The molecule has 0 radical (unpaired) electrons. The smallest absolute Gasteiger partial charge is 0.253 e. The predicted octanol–water partition coefficient (Wildman–Crippen LogP) is 1.88. The number of nitrogens with zero attached hydrogens (tertiary/aromatic N) is 3. The first-order valence-corrected chi connectivity index (χ1v) is 6.95. The van der Waals surface area contributed by atoms with Crippen molar-refractivity contribution in [2.75, 3.05) is 0 Å². The lowest BCUT2D eigenvalue weighted by Gasteiger charge is -2.14. The summed E-state index contributed by atoms with van der Waals surface area (Å²) in [5.41, 5.74) is 0.512. The Balaban J connectivity index is 1.90. The number of nitrogens with one attached hydrogen (secondary N) is 1. The molecule has 21 heavy (non-hydrogen) atoms. The number of pyridine rings is 1. The summed E-state index contributed by atoms with van der Waals surface area (Å²) >= 11 is 0. The standard InChI is InChI=1S/C15H20N4O2/c1-11(2)21-14-6-5-13(9-16-14)15(20)18-12(3)10-19-8-4-7-17-19/h4-9,11-12H,10H2,1-3H3,(H,18,20). The zero-order valence-electron chi connectivity index (χ0n) is 12.5. The molecule has 0 fully saturated rings. The normalized spacial score (nSPS) is 12.2. The summed E-state index contributed by atoms with van der Waals surface area (Å²) in [6.07, 6.45) is 5.16. The third-order valence-corrected chi connectivity index (χ3v) is 2.75. The summed E-state index contributed by atoms with van der Waals surface area (Å²) in [4.78, 5) is 16.2. The molecule has 1 N–H and O–H groups in total. The van der Waals surface area contributed by atoms with Gasteiger partial charge in [0.2, 0.25) is 5.88 Å². The fourth-order valence-corrected chi connectivity index (χ4v) is 1.87. The van der Waals surface area contributed by atoms with Gasteiger partial charge in [-0.05, 0) is 32.9 Å². The number of hydrogen-bond acceptors (Lipinski definition) is 4. The fourth-order valence-electron chi connectivity index (χ4n) is 1.87. The zero-order valence-corrected chi connectivity index (χ0v) is 12.5. The number of rotatable bonds is 6. The van der Waals surface area contributed by atoms with Gasteiger partial charge in [0.05, 0.1) is 18.2 Å². The Kier molecular flexibility index (Phi) is 4.92. The van der Waals surface area contributed by atoms with Gasteiger partial charge in [-0.2, -0.15) is 5.10 Å². The van der Waals surface area contributed by atoms with Gasteiger partial charge in [-0.1, -0.05) is 0 Å². The van der Waals surface area contributed by atoms with E-state index in [1.807, 2.05) is 33.0 Å². The quantitative estimate of drug-likeness (QED) is 0.881. The number of hydrogen-bond donors (Lipinski definition) is 1. The molecule has 1 atom stereocenters. The molecular formula is C15H20N4O2. The van der Waals surface area contributed by atoms with Gasteiger partial charge in [-0.3, -0.25) is 9.48 Å². The van der Waals surface area contributed by atoms with E-state index in [-0.39, 0.29) is 18.1 Å². The minimum absolute atomic E-state index is 0.0241. The molecule has 1 unspecified atom stereocenters. The highest BCUT2D eigenvalue weighted by Gasteiger charge is 2.11. The average Bonchev–Trinajstić information content (AvgIpc) is 2.91. The first kappa shape index (κ1) is 15.0. The predicted molar refractivity (Wildman–Crippen MR) is 79.2 cm³/mol. The molecule has 112 valence electrons. The van der Waals surface area contributed by atoms with Gasteiger partial charge in [-0.25, -0.2) is 4.98 Å². The summed E-state index contributed by atoms with van der Waals surface area (Å²) in [6.45, 7) is 6.42. The Morgan fingerprint density at radius 2 is 2.19 bits per heavy atom. The van der Waals surface area contributed by atoms with Crippen LogP contribution in [-0.4, -0.2) is 32.8 Å². The van der Waals surface area contributed by atoms with Crippen molar-refractivity contribution >= 4 is 5.91 Å². The van der Waals surface area contributed by atoms with Crippen LogP contribution in [0.2, 0.25) is 0 Å². The number of carbonyl (C=O) groups excluding carboxylic acids is 1. The van der Waals surface area contributed by atoms with E-state index in [0.29, 0.717) is 18.0 Å². The van der Waals surface area contributed by atoms with Crippen molar-refractivity contribution in [1.29, 1.82) is 0 Å². The first-order valence-electron chi connectivity index (χ1n) is 6.95. The Morgan fingerprint density at radius 1 is 1.38 bits per heavy atom. The van der Waals surface area contributed by atoms with Crippen LogP contribution < -0.4 is 10.1 Å². The topological polar surface area (TPSA) is 69.0 Å². The second-order valence-electron chi connectivity index (χ2n) is 5.15. The lowest BCUT2D eigenvalue weighted by molar-refractivity contribution is 0.0935. The van der Waals surface area contributed by atoms with Gasteiger partial charge in [0.1, 0.15) is 0 Å². The molecule has 2 aromatic heterocycles. The molecule has 6 heteroatoms. The van der Waals surface area contributed by atoms with Crippen LogP contribution in [0.3, 0.4) is 0 Å². The lowest BCUT2D eigenvalue weighted by Crippen LogP contribution is -2.35. The maximum absolute atomic E-state index is 12.1. The SMILES string of the molecule is CC(Cn1cccn1)NC(=O)c1ccc(OC(C)C)nc1. The summed E-state index contributed by atoms with van der Waals surface area (Å²) in [7, 11) is 0. The van der Waals surface area contributed by atoms with Crippen LogP contribution in [-0.2, 0) is 6.54 Å². The Labute approximate surface area is 124 Å². The van der Waals surface area contributed by atoms with E-state index in [1.54, 1.807) is 23.0 Å². The van der Waals surface area contributed by atoms with Crippen LogP contribution in [0.15, 0.2) is 36.8 Å². The molecule has 2 rings (SSSR count). The number of aromatic nitrogens is 3. The minimum atomic E-state index is -0.154. The van der Waals surface area contributed by atoms with E-state index in [2.05, 4.69) is 15.4 Å². The number of ether oxygens (including phenoxy) is 1. The molecule has 1 amide bonds. The van der Waals surface area contributed by atoms with Crippen LogP contribution in [0.25, 0.3) is 0 Å². The fraction of sp³-hybridized carbons (Fsp3) is 0.400. The molecule has 0 aliphatic rings. The van der Waals surface area contributed by atoms with Crippen LogP contribution in [0.1, 0.15) is 31.1 Å². The minimum Gasteiger partial charge on any atom is -0.475 e. The molecule has 0 spiro atoms. The van der Waals surface area contributed by atoms with Crippen molar-refractivity contribution in [3.05, 3.63) is 42.4 Å². The van der Waals surface area contributed by atoms with Crippen LogP contribution in [0, 0.1) is 0 Å². The van der Waals surface area contributed by atoms with Crippen molar-refractivity contribution in [2.24, 2.45) is 0 Å². The van der Waals surface area contributed by atoms with E-state index in [1.165, 1.54) is 6.20 Å². The van der Waals surface area contributed by atoms with Crippen LogP contribution in [0.4, 0.5) is 0 Å².